The average Bonchev–Trinajstić information content (AvgIpc) is 3.31. The Hall–Kier alpha value is -3.73. The number of hydrogen-bond acceptors (Lipinski definition) is 4. The Morgan fingerprint density at radius 3 is 2.41 bits per heavy atom. The quantitative estimate of drug-likeness (QED) is 0.219. The molecular weight excluding hydrogens is 482 g/mol. The van der Waals surface area contributed by atoms with Gasteiger partial charge in [-0.25, -0.2) is 0 Å². The van der Waals surface area contributed by atoms with E-state index in [4.69, 9.17) is 4.42 Å². The summed E-state index contributed by atoms with van der Waals surface area (Å²) in [7, 11) is 1.87. The average molecular weight is 524 g/mol. The van der Waals surface area contributed by atoms with Crippen LogP contribution in [0.3, 0.4) is 0 Å². The number of carbonyl (C=O) groups excluding carboxylic acids is 1. The van der Waals surface area contributed by atoms with Crippen molar-refractivity contribution in [3.63, 3.8) is 0 Å². The van der Waals surface area contributed by atoms with Gasteiger partial charge >= 0.3 is 0 Å². The number of nitrogens with one attached hydrogen (secondary N) is 2. The van der Waals surface area contributed by atoms with Crippen molar-refractivity contribution >= 4 is 28.3 Å². The summed E-state index contributed by atoms with van der Waals surface area (Å²) in [6, 6.07) is 24.9. The fourth-order valence-corrected chi connectivity index (χ4v) is 5.86. The van der Waals surface area contributed by atoms with E-state index in [0.717, 1.165) is 53.2 Å². The standard InChI is InChI=1S/C34H41N3O2/c1-4-21-37(3)34(38)27-15-17-28(18-16-27)36-32(26-13-9-6-10-14-26)33-24(2)30-22-29(19-20-31(30)39-33)35-23-25-11-7-5-8-12-25/h5,7-8,11-12,15-20,22,26,32,35-36H,4,6,9-10,13-14,21,23H2,1-3H3. The van der Waals surface area contributed by atoms with Crippen molar-refractivity contribution in [3.05, 3.63) is 95.2 Å². The van der Waals surface area contributed by atoms with Gasteiger partial charge in [0, 0.05) is 48.0 Å². The van der Waals surface area contributed by atoms with E-state index in [9.17, 15) is 4.79 Å². The largest absolute Gasteiger partial charge is 0.459 e. The molecule has 5 nitrogen and oxygen atoms in total. The molecule has 1 aliphatic rings. The molecule has 39 heavy (non-hydrogen) atoms. The Bertz CT molecular complexity index is 1370. The molecule has 1 unspecified atom stereocenters. The van der Waals surface area contributed by atoms with Gasteiger partial charge in [0.1, 0.15) is 11.3 Å². The molecule has 0 spiro atoms. The second kappa shape index (κ2) is 12.4. The van der Waals surface area contributed by atoms with Gasteiger partial charge in [0.2, 0.25) is 0 Å². The van der Waals surface area contributed by atoms with E-state index in [-0.39, 0.29) is 11.9 Å². The van der Waals surface area contributed by atoms with Crippen molar-refractivity contribution in [1.29, 1.82) is 0 Å². The highest BCUT2D eigenvalue weighted by molar-refractivity contribution is 5.94. The highest BCUT2D eigenvalue weighted by Crippen LogP contribution is 2.41. The molecule has 2 N–H and O–H groups in total. The van der Waals surface area contributed by atoms with Crippen LogP contribution in [0.4, 0.5) is 11.4 Å². The molecule has 1 fully saturated rings. The summed E-state index contributed by atoms with van der Waals surface area (Å²) in [5.74, 6) is 1.60. The van der Waals surface area contributed by atoms with Gasteiger partial charge in [0.05, 0.1) is 6.04 Å². The second-order valence-electron chi connectivity index (χ2n) is 11.0. The lowest BCUT2D eigenvalue weighted by molar-refractivity contribution is 0.0795. The lowest BCUT2D eigenvalue weighted by atomic mass is 9.82. The van der Waals surface area contributed by atoms with Gasteiger partial charge in [-0.3, -0.25) is 4.79 Å². The summed E-state index contributed by atoms with van der Waals surface area (Å²) < 4.78 is 6.57. The predicted octanol–water partition coefficient (Wildman–Crippen LogP) is 8.57. The monoisotopic (exact) mass is 523 g/mol. The van der Waals surface area contributed by atoms with Crippen molar-refractivity contribution in [3.8, 4) is 0 Å². The number of rotatable bonds is 10. The lowest BCUT2D eigenvalue weighted by Crippen LogP contribution is -2.27. The van der Waals surface area contributed by atoms with Gasteiger partial charge in [0.15, 0.2) is 0 Å². The third-order valence-electron chi connectivity index (χ3n) is 8.08. The summed E-state index contributed by atoms with van der Waals surface area (Å²) >= 11 is 0. The first-order chi connectivity index (χ1) is 19.0. The van der Waals surface area contributed by atoms with Crippen molar-refractivity contribution in [2.75, 3.05) is 24.2 Å². The first-order valence-corrected chi connectivity index (χ1v) is 14.5. The third-order valence-corrected chi connectivity index (χ3v) is 8.08. The van der Waals surface area contributed by atoms with E-state index in [1.165, 1.54) is 43.2 Å². The topological polar surface area (TPSA) is 57.5 Å². The zero-order valence-electron chi connectivity index (χ0n) is 23.5. The molecule has 4 aromatic rings. The molecule has 1 aliphatic carbocycles. The number of carbonyl (C=O) groups is 1. The molecule has 0 radical (unpaired) electrons. The SMILES string of the molecule is CCCN(C)C(=O)c1ccc(NC(c2oc3ccc(NCc4ccccc4)cc3c2C)C2CCCCC2)cc1. The van der Waals surface area contributed by atoms with Crippen LogP contribution in [-0.2, 0) is 6.54 Å². The molecule has 204 valence electrons. The fraction of sp³-hybridized carbons (Fsp3) is 0.382. The summed E-state index contributed by atoms with van der Waals surface area (Å²) in [5.41, 5.74) is 6.22. The van der Waals surface area contributed by atoms with Crippen molar-refractivity contribution < 1.29 is 9.21 Å². The molecular formula is C34H41N3O2. The molecule has 1 amide bonds. The highest BCUT2D eigenvalue weighted by atomic mass is 16.3. The molecule has 3 aromatic carbocycles. The van der Waals surface area contributed by atoms with Crippen LogP contribution < -0.4 is 10.6 Å². The van der Waals surface area contributed by atoms with Gasteiger partial charge in [0.25, 0.3) is 5.91 Å². The minimum Gasteiger partial charge on any atom is -0.459 e. The third kappa shape index (κ3) is 6.30. The number of furan rings is 1. The van der Waals surface area contributed by atoms with Crippen molar-refractivity contribution in [1.82, 2.24) is 4.90 Å². The molecule has 1 saturated carbocycles. The van der Waals surface area contributed by atoms with Crippen LogP contribution in [0.1, 0.15) is 78.7 Å². The Kier molecular flexibility index (Phi) is 8.55. The Labute approximate surface area is 232 Å². The fourth-order valence-electron chi connectivity index (χ4n) is 5.86. The van der Waals surface area contributed by atoms with Crippen molar-refractivity contribution in [2.45, 2.75) is 65.0 Å². The zero-order valence-corrected chi connectivity index (χ0v) is 23.5. The molecule has 5 rings (SSSR count). The minimum absolute atomic E-state index is 0.0667. The molecule has 1 atom stereocenters. The maximum atomic E-state index is 12.7. The van der Waals surface area contributed by atoms with E-state index < -0.39 is 0 Å². The van der Waals surface area contributed by atoms with E-state index in [0.29, 0.717) is 5.92 Å². The summed E-state index contributed by atoms with van der Waals surface area (Å²) in [5, 5.41) is 8.54. The first kappa shape index (κ1) is 26.9. The van der Waals surface area contributed by atoms with E-state index in [1.54, 1.807) is 4.90 Å². The minimum atomic E-state index is 0.0667. The molecule has 0 aliphatic heterocycles. The Morgan fingerprint density at radius 1 is 0.974 bits per heavy atom. The molecule has 1 heterocycles. The van der Waals surface area contributed by atoms with Crippen molar-refractivity contribution in [2.24, 2.45) is 5.92 Å². The van der Waals surface area contributed by atoms with Gasteiger partial charge in [-0.15, -0.1) is 0 Å². The van der Waals surface area contributed by atoms with E-state index in [1.807, 2.05) is 37.4 Å². The number of nitrogens with zero attached hydrogens (tertiary/aromatic N) is 1. The van der Waals surface area contributed by atoms with Gasteiger partial charge in [-0.1, -0.05) is 56.5 Å². The maximum Gasteiger partial charge on any atom is 0.253 e. The van der Waals surface area contributed by atoms with Crippen LogP contribution in [0.15, 0.2) is 77.2 Å². The summed E-state index contributed by atoms with van der Waals surface area (Å²) in [6.07, 6.45) is 7.15. The normalized spacial score (nSPS) is 14.7. The number of anilines is 2. The van der Waals surface area contributed by atoms with Crippen LogP contribution >= 0.6 is 0 Å². The van der Waals surface area contributed by atoms with Crippen LogP contribution in [-0.4, -0.2) is 24.4 Å². The van der Waals surface area contributed by atoms with Crippen LogP contribution in [0.2, 0.25) is 0 Å². The Balaban J connectivity index is 1.39. The van der Waals surface area contributed by atoms with Gasteiger partial charge in [-0.05, 0) is 80.1 Å². The smallest absolute Gasteiger partial charge is 0.253 e. The molecule has 0 bridgehead atoms. The number of fused-ring (bicyclic) bond motifs is 1. The highest BCUT2D eigenvalue weighted by Gasteiger charge is 2.30. The number of amides is 1. The molecule has 5 heteroatoms. The van der Waals surface area contributed by atoms with Gasteiger partial charge in [-0.2, -0.15) is 0 Å². The second-order valence-corrected chi connectivity index (χ2v) is 11.0. The van der Waals surface area contributed by atoms with Crippen LogP contribution in [0.5, 0.6) is 0 Å². The molecule has 0 saturated heterocycles. The first-order valence-electron chi connectivity index (χ1n) is 14.5. The number of benzene rings is 3. The number of hydrogen-bond donors (Lipinski definition) is 2. The Morgan fingerprint density at radius 2 is 1.69 bits per heavy atom. The van der Waals surface area contributed by atoms with E-state index >= 15 is 0 Å². The maximum absolute atomic E-state index is 12.7. The summed E-state index contributed by atoms with van der Waals surface area (Å²) in [6.45, 7) is 5.82. The van der Waals surface area contributed by atoms with Crippen LogP contribution in [0.25, 0.3) is 11.0 Å². The number of aryl methyl sites for hydroxylation is 1. The predicted molar refractivity (Wildman–Crippen MR) is 161 cm³/mol. The molecule has 1 aromatic heterocycles. The van der Waals surface area contributed by atoms with Crippen LogP contribution in [0, 0.1) is 12.8 Å². The zero-order chi connectivity index (χ0) is 27.2. The van der Waals surface area contributed by atoms with E-state index in [2.05, 4.69) is 66.9 Å². The lowest BCUT2D eigenvalue weighted by Gasteiger charge is -2.31. The van der Waals surface area contributed by atoms with Gasteiger partial charge < -0.3 is 20.0 Å². The summed E-state index contributed by atoms with van der Waals surface area (Å²) in [4.78, 5) is 14.5.